The molecule has 2 aromatic carbocycles. The molecular formula is C33H45I4NO5. The van der Waals surface area contributed by atoms with Crippen molar-refractivity contribution in [2.45, 2.75) is 122 Å². The highest BCUT2D eigenvalue weighted by atomic mass is 127. The molecule has 3 N–H and O–H groups in total. The number of nitrogens with one attached hydrogen (secondary N) is 1. The molecular weight excluding hydrogens is 998 g/mol. The third kappa shape index (κ3) is 15.8. The molecule has 0 aromatic heterocycles. The molecule has 0 saturated heterocycles. The molecule has 0 aliphatic carbocycles. The van der Waals surface area contributed by atoms with Gasteiger partial charge in [-0.05, 0) is 127 Å². The van der Waals surface area contributed by atoms with Gasteiger partial charge in [0, 0.05) is 12.8 Å². The number of carbonyl (C=O) groups is 2. The number of carboxylic acid groups (broad SMARTS) is 1. The normalized spacial score (nSPS) is 11.8. The minimum absolute atomic E-state index is 0.196. The van der Waals surface area contributed by atoms with E-state index in [2.05, 4.69) is 103 Å². The SMILES string of the molecule is CCCCCCCCCCCCCCCCCC(=O)N[C@@H](Cc1cc(I)c(Oc2cc(I)c(O)c(I)c2)c(I)c1)C(=O)O. The molecule has 43 heavy (non-hydrogen) atoms. The summed E-state index contributed by atoms with van der Waals surface area (Å²) in [4.78, 5) is 24.5. The van der Waals surface area contributed by atoms with Crippen LogP contribution in [0.4, 0.5) is 0 Å². The van der Waals surface area contributed by atoms with Crippen molar-refractivity contribution >= 4 is 102 Å². The van der Waals surface area contributed by atoms with Crippen LogP contribution in [0.3, 0.4) is 0 Å². The summed E-state index contributed by atoms with van der Waals surface area (Å²) in [5.74, 6) is 0.275. The molecule has 0 fully saturated rings. The fourth-order valence-electron chi connectivity index (χ4n) is 4.91. The van der Waals surface area contributed by atoms with Crippen LogP contribution in [0.5, 0.6) is 17.2 Å². The molecule has 0 radical (unpaired) electrons. The predicted molar refractivity (Wildman–Crippen MR) is 208 cm³/mol. The van der Waals surface area contributed by atoms with E-state index < -0.39 is 12.0 Å². The molecule has 1 amide bonds. The number of aromatic hydroxyl groups is 1. The van der Waals surface area contributed by atoms with Crippen LogP contribution in [-0.2, 0) is 16.0 Å². The number of phenols is 1. The monoisotopic (exact) mass is 1040 g/mol. The summed E-state index contributed by atoms with van der Waals surface area (Å²) in [7, 11) is 0. The number of hydrogen-bond acceptors (Lipinski definition) is 4. The second kappa shape index (κ2) is 22.4. The Hall–Kier alpha value is -0.100. The van der Waals surface area contributed by atoms with Gasteiger partial charge < -0.3 is 20.3 Å². The topological polar surface area (TPSA) is 95.9 Å². The number of halogens is 4. The molecule has 0 heterocycles. The van der Waals surface area contributed by atoms with Crippen molar-refractivity contribution in [3.05, 3.63) is 44.1 Å². The van der Waals surface area contributed by atoms with Crippen molar-refractivity contribution in [3.8, 4) is 17.2 Å². The van der Waals surface area contributed by atoms with Gasteiger partial charge in [0.1, 0.15) is 17.5 Å². The predicted octanol–water partition coefficient (Wildman–Crippen LogP) is 11.0. The number of phenolic OH excluding ortho intramolecular Hbond substituents is 1. The Labute approximate surface area is 312 Å². The van der Waals surface area contributed by atoms with Crippen LogP contribution in [0, 0.1) is 14.3 Å². The molecule has 240 valence electrons. The number of unbranched alkanes of at least 4 members (excludes halogenated alkanes) is 14. The summed E-state index contributed by atoms with van der Waals surface area (Å²) in [6.07, 6.45) is 19.6. The number of aliphatic carboxylic acids is 1. The molecule has 0 saturated carbocycles. The Bertz CT molecular complexity index is 1110. The maximum atomic E-state index is 12.5. The van der Waals surface area contributed by atoms with E-state index >= 15 is 0 Å². The van der Waals surface area contributed by atoms with Crippen molar-refractivity contribution in [1.82, 2.24) is 5.32 Å². The van der Waals surface area contributed by atoms with E-state index in [9.17, 15) is 19.8 Å². The van der Waals surface area contributed by atoms with Crippen molar-refractivity contribution in [2.75, 3.05) is 0 Å². The molecule has 0 bridgehead atoms. The van der Waals surface area contributed by atoms with Gasteiger partial charge in [0.15, 0.2) is 5.75 Å². The number of ether oxygens (including phenoxy) is 1. The Kier molecular flexibility index (Phi) is 20.4. The quantitative estimate of drug-likeness (QED) is 0.0807. The third-order valence-electron chi connectivity index (χ3n) is 7.35. The van der Waals surface area contributed by atoms with Crippen molar-refractivity contribution in [2.24, 2.45) is 0 Å². The first kappa shape index (κ1) is 39.1. The number of carboxylic acids is 1. The highest BCUT2D eigenvalue weighted by Gasteiger charge is 2.22. The number of rotatable bonds is 22. The number of benzene rings is 2. The Morgan fingerprint density at radius 3 is 1.60 bits per heavy atom. The highest BCUT2D eigenvalue weighted by Crippen LogP contribution is 2.37. The molecule has 0 aliphatic heterocycles. The van der Waals surface area contributed by atoms with Gasteiger partial charge in [0.05, 0.1) is 14.3 Å². The smallest absolute Gasteiger partial charge is 0.326 e. The lowest BCUT2D eigenvalue weighted by Gasteiger charge is -2.17. The molecule has 10 heteroatoms. The molecule has 1 atom stereocenters. The van der Waals surface area contributed by atoms with Gasteiger partial charge in [0.25, 0.3) is 0 Å². The molecule has 2 aromatic rings. The van der Waals surface area contributed by atoms with Gasteiger partial charge in [-0.1, -0.05) is 96.8 Å². The van der Waals surface area contributed by atoms with Crippen LogP contribution >= 0.6 is 90.4 Å². The minimum Gasteiger partial charge on any atom is -0.506 e. The fraction of sp³-hybridized carbons (Fsp3) is 0.576. The Morgan fingerprint density at radius 1 is 0.721 bits per heavy atom. The highest BCUT2D eigenvalue weighted by molar-refractivity contribution is 14.1. The second-order valence-electron chi connectivity index (χ2n) is 11.1. The number of amides is 1. The maximum absolute atomic E-state index is 12.5. The standard InChI is InChI=1S/C33H45I4NO5/c1-2-3-4-5-6-7-8-9-10-11-12-13-14-15-16-17-30(39)38-29(33(41)42)20-23-18-27(36)32(28(37)19-23)43-24-21-25(34)31(40)26(35)22-24/h18-19,21-22,29,40H,2-17,20H2,1H3,(H,38,39)(H,41,42)/t29-/m0/s1. The molecule has 0 unspecified atom stereocenters. The van der Waals surface area contributed by atoms with Crippen molar-refractivity contribution in [3.63, 3.8) is 0 Å². The second-order valence-corrected chi connectivity index (χ2v) is 15.7. The lowest BCUT2D eigenvalue weighted by Crippen LogP contribution is -2.42. The van der Waals surface area contributed by atoms with E-state index in [-0.39, 0.29) is 18.1 Å². The Balaban J connectivity index is 1.68. The third-order valence-corrected chi connectivity index (χ3v) is 10.6. The average Bonchev–Trinajstić information content (AvgIpc) is 2.95. The van der Waals surface area contributed by atoms with E-state index in [1.165, 1.54) is 77.0 Å². The van der Waals surface area contributed by atoms with Gasteiger partial charge in [-0.3, -0.25) is 4.79 Å². The summed E-state index contributed by atoms with van der Waals surface area (Å²) < 4.78 is 9.20. The van der Waals surface area contributed by atoms with Gasteiger partial charge >= 0.3 is 5.97 Å². The van der Waals surface area contributed by atoms with Crippen molar-refractivity contribution in [1.29, 1.82) is 0 Å². The van der Waals surface area contributed by atoms with Gasteiger partial charge in [-0.15, -0.1) is 0 Å². The molecule has 6 nitrogen and oxygen atoms in total. The van der Waals surface area contributed by atoms with Crippen LogP contribution in [0.25, 0.3) is 0 Å². The van der Waals surface area contributed by atoms with Crippen LogP contribution in [0.2, 0.25) is 0 Å². The Morgan fingerprint density at radius 2 is 1.16 bits per heavy atom. The first-order chi connectivity index (χ1) is 20.6. The van der Waals surface area contributed by atoms with E-state index in [0.717, 1.165) is 32.0 Å². The summed E-state index contributed by atoms with van der Waals surface area (Å²) in [5, 5.41) is 22.5. The lowest BCUT2D eigenvalue weighted by atomic mass is 10.0. The molecule has 0 aliphatic rings. The van der Waals surface area contributed by atoms with Crippen LogP contribution in [0.1, 0.15) is 115 Å². The van der Waals surface area contributed by atoms with Crippen LogP contribution in [-0.4, -0.2) is 28.1 Å². The van der Waals surface area contributed by atoms with E-state index in [1.807, 2.05) is 12.1 Å². The summed E-state index contributed by atoms with van der Waals surface area (Å²) in [5.41, 5.74) is 0.815. The van der Waals surface area contributed by atoms with Gasteiger partial charge in [-0.25, -0.2) is 4.79 Å². The minimum atomic E-state index is -1.04. The summed E-state index contributed by atoms with van der Waals surface area (Å²) in [6.45, 7) is 2.26. The zero-order valence-corrected chi connectivity index (χ0v) is 33.7. The summed E-state index contributed by atoms with van der Waals surface area (Å²) in [6, 6.07) is 6.35. The van der Waals surface area contributed by atoms with E-state index in [4.69, 9.17) is 4.74 Å². The van der Waals surface area contributed by atoms with Crippen LogP contribution in [0.15, 0.2) is 24.3 Å². The largest absolute Gasteiger partial charge is 0.506 e. The van der Waals surface area contributed by atoms with Gasteiger partial charge in [-0.2, -0.15) is 0 Å². The molecule has 0 spiro atoms. The number of hydrogen-bond donors (Lipinski definition) is 3. The first-order valence-corrected chi connectivity index (χ1v) is 19.8. The zero-order chi connectivity index (χ0) is 31.6. The van der Waals surface area contributed by atoms with E-state index in [0.29, 0.717) is 25.1 Å². The maximum Gasteiger partial charge on any atom is 0.326 e. The van der Waals surface area contributed by atoms with Crippen molar-refractivity contribution < 1.29 is 24.5 Å². The van der Waals surface area contributed by atoms with E-state index in [1.54, 1.807) is 12.1 Å². The number of carbonyl (C=O) groups excluding carboxylic acids is 1. The fourth-order valence-corrected chi connectivity index (χ4v) is 8.73. The zero-order valence-electron chi connectivity index (χ0n) is 25.0. The lowest BCUT2D eigenvalue weighted by molar-refractivity contribution is -0.141. The molecule has 2 rings (SSSR count). The summed E-state index contributed by atoms with van der Waals surface area (Å²) >= 11 is 8.49. The average molecular weight is 1040 g/mol. The van der Waals surface area contributed by atoms with Gasteiger partial charge in [0.2, 0.25) is 5.91 Å². The van der Waals surface area contributed by atoms with Crippen LogP contribution < -0.4 is 10.1 Å². The first-order valence-electron chi connectivity index (χ1n) is 15.5.